The predicted octanol–water partition coefficient (Wildman–Crippen LogP) is 2.14. The second kappa shape index (κ2) is 6.45. The molecule has 0 saturated carbocycles. The van der Waals surface area contributed by atoms with Gasteiger partial charge >= 0.3 is 0 Å². The molecule has 1 atom stereocenters. The Bertz CT molecular complexity index is 598. The number of halogens is 1. The highest BCUT2D eigenvalue weighted by Crippen LogP contribution is 2.18. The molecule has 2 aromatic rings. The van der Waals surface area contributed by atoms with Gasteiger partial charge < -0.3 is 20.1 Å². The summed E-state index contributed by atoms with van der Waals surface area (Å²) >= 11 is 5.72. The van der Waals surface area contributed by atoms with Gasteiger partial charge in [0, 0.05) is 12.7 Å². The molecule has 1 aromatic heterocycles. The highest BCUT2D eigenvalue weighted by molar-refractivity contribution is 6.30. The van der Waals surface area contributed by atoms with E-state index in [-0.39, 0.29) is 12.5 Å². The molecule has 0 aliphatic heterocycles. The molecule has 2 rings (SSSR count). The molecule has 0 aliphatic carbocycles. The Hall–Kier alpha value is -1.98. The third-order valence-electron chi connectivity index (χ3n) is 2.83. The quantitative estimate of drug-likeness (QED) is 0.791. The molecule has 0 bridgehead atoms. The number of methoxy groups -OCH3 is 1. The van der Waals surface area contributed by atoms with Crippen molar-refractivity contribution in [3.05, 3.63) is 52.8 Å². The minimum absolute atomic E-state index is 0.0998. The fourth-order valence-corrected chi connectivity index (χ4v) is 1.91. The monoisotopic (exact) mass is 294 g/mol. The lowest BCUT2D eigenvalue weighted by atomic mass is 10.1. The maximum Gasteiger partial charge on any atom is 0.267 e. The van der Waals surface area contributed by atoms with Gasteiger partial charge in [0.2, 0.25) is 0 Å². The van der Waals surface area contributed by atoms with E-state index >= 15 is 0 Å². The molecule has 0 radical (unpaired) electrons. The molecule has 0 aliphatic rings. The molecular formula is C14H15ClN2O3. The van der Waals surface area contributed by atoms with Crippen LogP contribution in [-0.4, -0.2) is 29.7 Å². The van der Waals surface area contributed by atoms with Crippen LogP contribution in [0, 0.1) is 0 Å². The standard InChI is InChI=1S/C14H15ClN2O3/c1-20-11-4-2-3-9(5-11)13(18)8-17-14(19)12-6-10(15)7-16-12/h2-7,13,16,18H,8H2,1H3,(H,17,19). The minimum Gasteiger partial charge on any atom is -0.497 e. The third-order valence-corrected chi connectivity index (χ3v) is 3.05. The van der Waals surface area contributed by atoms with E-state index in [4.69, 9.17) is 16.3 Å². The van der Waals surface area contributed by atoms with Crippen molar-refractivity contribution in [3.8, 4) is 5.75 Å². The zero-order valence-corrected chi connectivity index (χ0v) is 11.6. The molecule has 1 unspecified atom stereocenters. The first-order chi connectivity index (χ1) is 9.60. The van der Waals surface area contributed by atoms with E-state index in [1.54, 1.807) is 31.4 Å². The van der Waals surface area contributed by atoms with E-state index in [0.29, 0.717) is 22.0 Å². The zero-order valence-electron chi connectivity index (χ0n) is 10.9. The summed E-state index contributed by atoms with van der Waals surface area (Å²) in [5, 5.41) is 13.1. The average Bonchev–Trinajstić information content (AvgIpc) is 2.91. The van der Waals surface area contributed by atoms with Crippen LogP contribution in [0.4, 0.5) is 0 Å². The maximum absolute atomic E-state index is 11.8. The molecule has 0 fully saturated rings. The number of aromatic amines is 1. The molecule has 1 amide bonds. The molecule has 3 N–H and O–H groups in total. The van der Waals surface area contributed by atoms with Crippen molar-refractivity contribution in [1.82, 2.24) is 10.3 Å². The van der Waals surface area contributed by atoms with Crippen LogP contribution in [0.5, 0.6) is 5.75 Å². The van der Waals surface area contributed by atoms with Crippen molar-refractivity contribution in [3.63, 3.8) is 0 Å². The second-order valence-electron chi connectivity index (χ2n) is 4.23. The van der Waals surface area contributed by atoms with Crippen molar-refractivity contribution in [2.24, 2.45) is 0 Å². The summed E-state index contributed by atoms with van der Waals surface area (Å²) in [6.07, 6.45) is 0.717. The lowest BCUT2D eigenvalue weighted by Crippen LogP contribution is -2.28. The van der Waals surface area contributed by atoms with E-state index in [0.717, 1.165) is 0 Å². The van der Waals surface area contributed by atoms with Crippen molar-refractivity contribution in [2.45, 2.75) is 6.10 Å². The summed E-state index contributed by atoms with van der Waals surface area (Å²) in [7, 11) is 1.56. The first kappa shape index (κ1) is 14.4. The highest BCUT2D eigenvalue weighted by atomic mass is 35.5. The van der Waals surface area contributed by atoms with Gasteiger partial charge in [-0.25, -0.2) is 0 Å². The number of benzene rings is 1. The smallest absolute Gasteiger partial charge is 0.267 e. The summed E-state index contributed by atoms with van der Waals surface area (Å²) in [5.74, 6) is 0.336. The summed E-state index contributed by atoms with van der Waals surface area (Å²) < 4.78 is 5.08. The predicted molar refractivity (Wildman–Crippen MR) is 76.1 cm³/mol. The SMILES string of the molecule is COc1cccc(C(O)CNC(=O)c2cc(Cl)c[nH]2)c1. The van der Waals surface area contributed by atoms with Crippen LogP contribution >= 0.6 is 11.6 Å². The lowest BCUT2D eigenvalue weighted by Gasteiger charge is -2.12. The molecule has 106 valence electrons. The van der Waals surface area contributed by atoms with Crippen LogP contribution in [0.3, 0.4) is 0 Å². The van der Waals surface area contributed by atoms with E-state index in [1.807, 2.05) is 0 Å². The largest absolute Gasteiger partial charge is 0.497 e. The van der Waals surface area contributed by atoms with Crippen LogP contribution in [0.2, 0.25) is 5.02 Å². The number of aliphatic hydroxyl groups excluding tert-OH is 1. The molecule has 5 nitrogen and oxygen atoms in total. The summed E-state index contributed by atoms with van der Waals surface area (Å²) in [5.41, 5.74) is 1.03. The Morgan fingerprint density at radius 3 is 2.95 bits per heavy atom. The van der Waals surface area contributed by atoms with Gasteiger partial charge in [0.15, 0.2) is 0 Å². The fraction of sp³-hybridized carbons (Fsp3) is 0.214. The number of ether oxygens (including phenoxy) is 1. The van der Waals surface area contributed by atoms with E-state index in [9.17, 15) is 9.90 Å². The highest BCUT2D eigenvalue weighted by Gasteiger charge is 2.12. The first-order valence-corrected chi connectivity index (χ1v) is 6.42. The van der Waals surface area contributed by atoms with Gasteiger partial charge in [-0.1, -0.05) is 23.7 Å². The van der Waals surface area contributed by atoms with Crippen molar-refractivity contribution in [1.29, 1.82) is 0 Å². The van der Waals surface area contributed by atoms with E-state index in [1.165, 1.54) is 12.3 Å². The molecule has 0 saturated heterocycles. The van der Waals surface area contributed by atoms with Crippen LogP contribution in [0.1, 0.15) is 22.2 Å². The first-order valence-electron chi connectivity index (χ1n) is 6.04. The van der Waals surface area contributed by atoms with Gasteiger partial charge in [-0.3, -0.25) is 4.79 Å². The maximum atomic E-state index is 11.8. The molecule has 0 spiro atoms. The number of carbonyl (C=O) groups is 1. The number of H-pyrrole nitrogens is 1. The number of hydrogen-bond donors (Lipinski definition) is 3. The van der Waals surface area contributed by atoms with Crippen LogP contribution in [-0.2, 0) is 0 Å². The number of hydrogen-bond acceptors (Lipinski definition) is 3. The van der Waals surface area contributed by atoms with Crippen molar-refractivity contribution in [2.75, 3.05) is 13.7 Å². The molecule has 20 heavy (non-hydrogen) atoms. The number of aliphatic hydroxyl groups is 1. The van der Waals surface area contributed by atoms with Crippen molar-refractivity contribution < 1.29 is 14.6 Å². The summed E-state index contributed by atoms with van der Waals surface area (Å²) in [4.78, 5) is 14.5. The number of aromatic nitrogens is 1. The Kier molecular flexibility index (Phi) is 4.65. The average molecular weight is 295 g/mol. The van der Waals surface area contributed by atoms with Gasteiger partial charge in [0.05, 0.1) is 18.2 Å². The van der Waals surface area contributed by atoms with E-state index in [2.05, 4.69) is 10.3 Å². The fourth-order valence-electron chi connectivity index (χ4n) is 1.75. The zero-order chi connectivity index (χ0) is 14.5. The Labute approximate surface area is 121 Å². The topological polar surface area (TPSA) is 74.3 Å². The van der Waals surface area contributed by atoms with Gasteiger partial charge in [0.25, 0.3) is 5.91 Å². The second-order valence-corrected chi connectivity index (χ2v) is 4.67. The Balaban J connectivity index is 1.94. The molecule has 1 aromatic carbocycles. The molecular weight excluding hydrogens is 280 g/mol. The lowest BCUT2D eigenvalue weighted by molar-refractivity contribution is 0.0912. The number of amides is 1. The number of nitrogens with one attached hydrogen (secondary N) is 2. The van der Waals surface area contributed by atoms with Crippen LogP contribution in [0.15, 0.2) is 36.5 Å². The third kappa shape index (κ3) is 3.53. The number of carbonyl (C=O) groups excluding carboxylic acids is 1. The number of rotatable bonds is 5. The van der Waals surface area contributed by atoms with Gasteiger partial charge in [-0.15, -0.1) is 0 Å². The summed E-state index contributed by atoms with van der Waals surface area (Å²) in [6, 6.07) is 8.59. The molecule has 6 heteroatoms. The van der Waals surface area contributed by atoms with Crippen molar-refractivity contribution >= 4 is 17.5 Å². The summed E-state index contributed by atoms with van der Waals surface area (Å²) in [6.45, 7) is 0.0998. The van der Waals surface area contributed by atoms with Gasteiger partial charge in [-0.05, 0) is 23.8 Å². The van der Waals surface area contributed by atoms with Crippen LogP contribution in [0.25, 0.3) is 0 Å². The van der Waals surface area contributed by atoms with Gasteiger partial charge in [0.1, 0.15) is 11.4 Å². The minimum atomic E-state index is -0.806. The molecule has 1 heterocycles. The Morgan fingerprint density at radius 2 is 2.30 bits per heavy atom. The van der Waals surface area contributed by atoms with Gasteiger partial charge in [-0.2, -0.15) is 0 Å². The van der Waals surface area contributed by atoms with Crippen LogP contribution < -0.4 is 10.1 Å². The Morgan fingerprint density at radius 1 is 1.50 bits per heavy atom. The van der Waals surface area contributed by atoms with E-state index < -0.39 is 6.10 Å². The normalized spacial score (nSPS) is 11.9.